The molecule has 0 unspecified atom stereocenters. The van der Waals surface area contributed by atoms with Gasteiger partial charge in [0.1, 0.15) is 6.10 Å². The van der Waals surface area contributed by atoms with Crippen molar-refractivity contribution in [3.8, 4) is 0 Å². The van der Waals surface area contributed by atoms with Gasteiger partial charge in [0.15, 0.2) is 0 Å². The molecule has 1 saturated heterocycles. The van der Waals surface area contributed by atoms with E-state index in [2.05, 4.69) is 32.6 Å². The predicted molar refractivity (Wildman–Crippen MR) is 93.0 cm³/mol. The van der Waals surface area contributed by atoms with E-state index in [-0.39, 0.29) is 11.9 Å². The van der Waals surface area contributed by atoms with Gasteiger partial charge >= 0.3 is 5.97 Å². The lowest BCUT2D eigenvalue weighted by Gasteiger charge is -2.38. The first-order valence-corrected chi connectivity index (χ1v) is 8.73. The van der Waals surface area contributed by atoms with Gasteiger partial charge in [0.05, 0.1) is 5.60 Å². The van der Waals surface area contributed by atoms with Crippen molar-refractivity contribution in [3.05, 3.63) is 35.5 Å². The van der Waals surface area contributed by atoms with Gasteiger partial charge in [0.2, 0.25) is 0 Å². The number of rotatable bonds is 0. The Morgan fingerprint density at radius 2 is 1.87 bits per heavy atom. The standard InChI is InChI=1S/C20H30O3/c1-14-7-5-8-15(2)10-11-17-13-18(23-19(21)16(17)3)20(4,22)12-6-9-14/h8-9,17-18,22H,3,5-7,10-13H2,1-2,4H3/b14-9-,15-8-/t17-,18-,20-/m1/s1. The van der Waals surface area contributed by atoms with Crippen LogP contribution in [0.4, 0.5) is 0 Å². The zero-order valence-electron chi connectivity index (χ0n) is 14.7. The molecule has 2 rings (SSSR count). The minimum absolute atomic E-state index is 0.108. The van der Waals surface area contributed by atoms with Crippen molar-refractivity contribution in [2.45, 2.75) is 77.4 Å². The third-order valence-corrected chi connectivity index (χ3v) is 5.26. The lowest BCUT2D eigenvalue weighted by Crippen LogP contribution is -2.47. The van der Waals surface area contributed by atoms with E-state index in [4.69, 9.17) is 4.74 Å². The zero-order chi connectivity index (χ0) is 17.0. The Balaban J connectivity index is 2.21. The van der Waals surface area contributed by atoms with Crippen molar-refractivity contribution in [2.75, 3.05) is 0 Å². The van der Waals surface area contributed by atoms with Gasteiger partial charge in [0.25, 0.3) is 0 Å². The molecule has 0 saturated carbocycles. The Morgan fingerprint density at radius 1 is 1.22 bits per heavy atom. The summed E-state index contributed by atoms with van der Waals surface area (Å²) < 4.78 is 5.47. The molecule has 3 atom stereocenters. The van der Waals surface area contributed by atoms with Crippen molar-refractivity contribution in [1.82, 2.24) is 0 Å². The van der Waals surface area contributed by atoms with Crippen LogP contribution in [0.25, 0.3) is 0 Å². The van der Waals surface area contributed by atoms with Gasteiger partial charge in [-0.1, -0.05) is 29.9 Å². The van der Waals surface area contributed by atoms with Crippen molar-refractivity contribution in [1.29, 1.82) is 0 Å². The number of allylic oxidation sites excluding steroid dienone is 4. The van der Waals surface area contributed by atoms with Crippen LogP contribution in [-0.4, -0.2) is 22.8 Å². The van der Waals surface area contributed by atoms with E-state index in [1.807, 2.05) is 0 Å². The van der Waals surface area contributed by atoms with Crippen LogP contribution in [0.1, 0.15) is 65.7 Å². The van der Waals surface area contributed by atoms with Gasteiger partial charge in [-0.05, 0) is 71.6 Å². The topological polar surface area (TPSA) is 46.5 Å². The number of fused-ring (bicyclic) bond motifs is 2. The molecule has 2 bridgehead atoms. The molecule has 2 aliphatic rings. The van der Waals surface area contributed by atoms with E-state index in [1.165, 1.54) is 11.1 Å². The molecule has 0 spiro atoms. The Bertz CT molecular complexity index is 525. The summed E-state index contributed by atoms with van der Waals surface area (Å²) in [7, 11) is 0. The molecule has 0 amide bonds. The monoisotopic (exact) mass is 318 g/mol. The zero-order valence-corrected chi connectivity index (χ0v) is 14.7. The van der Waals surface area contributed by atoms with Gasteiger partial charge in [-0.2, -0.15) is 0 Å². The smallest absolute Gasteiger partial charge is 0.334 e. The average Bonchev–Trinajstić information content (AvgIpc) is 2.47. The minimum Gasteiger partial charge on any atom is -0.456 e. The third-order valence-electron chi connectivity index (χ3n) is 5.26. The molecule has 1 aliphatic heterocycles. The van der Waals surface area contributed by atoms with E-state index in [0.717, 1.165) is 32.1 Å². The highest BCUT2D eigenvalue weighted by Gasteiger charge is 2.41. The van der Waals surface area contributed by atoms with Crippen LogP contribution in [0, 0.1) is 5.92 Å². The predicted octanol–water partition coefficient (Wildman–Crippen LogP) is 4.47. The fourth-order valence-electron chi connectivity index (χ4n) is 3.42. The average molecular weight is 318 g/mol. The molecular weight excluding hydrogens is 288 g/mol. The maximum Gasteiger partial charge on any atom is 0.334 e. The highest BCUT2D eigenvalue weighted by atomic mass is 16.6. The van der Waals surface area contributed by atoms with E-state index < -0.39 is 11.7 Å². The van der Waals surface area contributed by atoms with Gasteiger partial charge in [-0.25, -0.2) is 4.79 Å². The Hall–Kier alpha value is -1.35. The molecule has 1 aliphatic carbocycles. The molecule has 1 fully saturated rings. The maximum absolute atomic E-state index is 12.1. The fourth-order valence-corrected chi connectivity index (χ4v) is 3.42. The summed E-state index contributed by atoms with van der Waals surface area (Å²) in [6.45, 7) is 10.0. The number of carbonyl (C=O) groups excluding carboxylic acids is 1. The first kappa shape index (κ1) is 18.0. The van der Waals surface area contributed by atoms with Crippen LogP contribution in [0.3, 0.4) is 0 Å². The van der Waals surface area contributed by atoms with E-state index >= 15 is 0 Å². The van der Waals surface area contributed by atoms with Crippen LogP contribution >= 0.6 is 0 Å². The van der Waals surface area contributed by atoms with Crippen LogP contribution in [0.15, 0.2) is 35.5 Å². The summed E-state index contributed by atoms with van der Waals surface area (Å²) in [6.07, 6.45) is 10.1. The summed E-state index contributed by atoms with van der Waals surface area (Å²) in [5.74, 6) is -0.233. The second-order valence-corrected chi connectivity index (χ2v) is 7.43. The Morgan fingerprint density at radius 3 is 2.61 bits per heavy atom. The molecule has 23 heavy (non-hydrogen) atoms. The summed E-state index contributed by atoms with van der Waals surface area (Å²) >= 11 is 0. The lowest BCUT2D eigenvalue weighted by molar-refractivity contribution is -0.168. The summed E-state index contributed by atoms with van der Waals surface area (Å²) in [5.41, 5.74) is 2.30. The number of hydrogen-bond acceptors (Lipinski definition) is 3. The van der Waals surface area contributed by atoms with Crippen molar-refractivity contribution >= 4 is 5.97 Å². The molecular formula is C20H30O3. The molecule has 3 heteroatoms. The highest BCUT2D eigenvalue weighted by molar-refractivity contribution is 5.89. The second kappa shape index (κ2) is 7.48. The largest absolute Gasteiger partial charge is 0.456 e. The summed E-state index contributed by atoms with van der Waals surface area (Å²) in [6, 6.07) is 0. The fraction of sp³-hybridized carbons (Fsp3) is 0.650. The maximum atomic E-state index is 12.1. The van der Waals surface area contributed by atoms with E-state index in [1.54, 1.807) is 6.92 Å². The van der Waals surface area contributed by atoms with Gasteiger partial charge in [0, 0.05) is 5.57 Å². The van der Waals surface area contributed by atoms with Gasteiger partial charge in [-0.3, -0.25) is 0 Å². The number of hydrogen-bond donors (Lipinski definition) is 1. The number of aliphatic hydroxyl groups is 1. The molecule has 1 N–H and O–H groups in total. The minimum atomic E-state index is -0.986. The number of ether oxygens (including phenoxy) is 1. The Labute approximate surface area is 140 Å². The normalized spacial score (nSPS) is 38.6. The van der Waals surface area contributed by atoms with Crippen LogP contribution < -0.4 is 0 Å². The second-order valence-electron chi connectivity index (χ2n) is 7.43. The van der Waals surface area contributed by atoms with Crippen LogP contribution in [0.5, 0.6) is 0 Å². The number of esters is 1. The molecule has 128 valence electrons. The quantitative estimate of drug-likeness (QED) is 0.407. The molecule has 0 radical (unpaired) electrons. The van der Waals surface area contributed by atoms with E-state index in [0.29, 0.717) is 18.4 Å². The van der Waals surface area contributed by atoms with Crippen LogP contribution in [0.2, 0.25) is 0 Å². The third kappa shape index (κ3) is 4.81. The summed E-state index contributed by atoms with van der Waals surface area (Å²) in [4.78, 5) is 12.1. The van der Waals surface area contributed by atoms with E-state index in [9.17, 15) is 9.90 Å². The molecule has 0 aromatic heterocycles. The first-order valence-electron chi connectivity index (χ1n) is 8.73. The Kier molecular flexibility index (Phi) is 5.85. The molecule has 0 aromatic carbocycles. The SMILES string of the molecule is C=C1C(=O)O[C@@H]2C[C@H]1CC/C(C)=C\CC/C(C)=C\CC[C@@]2(C)O. The highest BCUT2D eigenvalue weighted by Crippen LogP contribution is 2.36. The molecule has 0 aromatic rings. The molecule has 1 heterocycles. The lowest BCUT2D eigenvalue weighted by atomic mass is 9.79. The van der Waals surface area contributed by atoms with Crippen molar-refractivity contribution in [2.24, 2.45) is 5.92 Å². The number of carbonyl (C=O) groups is 1. The first-order chi connectivity index (χ1) is 10.8. The molecule has 3 nitrogen and oxygen atoms in total. The van der Waals surface area contributed by atoms with Gasteiger partial charge in [-0.15, -0.1) is 0 Å². The van der Waals surface area contributed by atoms with Crippen LogP contribution in [-0.2, 0) is 9.53 Å². The van der Waals surface area contributed by atoms with Crippen molar-refractivity contribution in [3.63, 3.8) is 0 Å². The van der Waals surface area contributed by atoms with Crippen molar-refractivity contribution < 1.29 is 14.6 Å². The summed E-state index contributed by atoms with van der Waals surface area (Å²) in [5, 5.41) is 10.8. The van der Waals surface area contributed by atoms with Gasteiger partial charge < -0.3 is 9.84 Å².